The van der Waals surface area contributed by atoms with Crippen LogP contribution in [0, 0.1) is 0 Å². The van der Waals surface area contributed by atoms with Crippen LogP contribution in [0.1, 0.15) is 31.7 Å². The lowest BCUT2D eigenvalue weighted by Gasteiger charge is -2.05. The number of benzene rings is 2. The van der Waals surface area contributed by atoms with Crippen molar-refractivity contribution in [2.24, 2.45) is 0 Å². The first kappa shape index (κ1) is 18.9. The van der Waals surface area contributed by atoms with Crippen LogP contribution < -0.4 is 0 Å². The van der Waals surface area contributed by atoms with Gasteiger partial charge in [0.1, 0.15) is 5.75 Å². The topological polar surface area (TPSA) is 53.4 Å². The Bertz CT molecular complexity index is 864. The number of phenolic OH excluding ortho intramolecular Hbond substituents is 1. The van der Waals surface area contributed by atoms with Crippen molar-refractivity contribution in [3.8, 4) is 28.1 Å². The van der Waals surface area contributed by atoms with Crippen LogP contribution in [-0.4, -0.2) is 21.3 Å². The second kappa shape index (κ2) is 9.15. The summed E-state index contributed by atoms with van der Waals surface area (Å²) >= 11 is 0. The predicted molar refractivity (Wildman–Crippen MR) is 111 cm³/mol. The molecule has 2 N–H and O–H groups in total. The summed E-state index contributed by atoms with van der Waals surface area (Å²) in [6.45, 7) is 1.82. The van der Waals surface area contributed by atoms with Crippen LogP contribution in [0.25, 0.3) is 28.5 Å². The highest BCUT2D eigenvalue weighted by atomic mass is 16.3. The molecule has 0 aliphatic heterocycles. The Labute approximate surface area is 160 Å². The molecule has 0 saturated carbocycles. The molecule has 3 rings (SSSR count). The van der Waals surface area contributed by atoms with Crippen molar-refractivity contribution in [1.29, 1.82) is 0 Å². The van der Waals surface area contributed by atoms with E-state index in [-0.39, 0.29) is 11.9 Å². The summed E-state index contributed by atoms with van der Waals surface area (Å²) in [5.74, 6) is 0.275. The molecule has 0 bridgehead atoms. The second-order valence-electron chi connectivity index (χ2n) is 6.78. The number of unbranched alkanes of at least 4 members (excludes halogenated alkanes) is 1. The largest absolute Gasteiger partial charge is 0.508 e. The summed E-state index contributed by atoms with van der Waals surface area (Å²) in [5.41, 5.74) is 5.28. The lowest BCUT2D eigenvalue weighted by Crippen LogP contribution is -1.97. The molecule has 2 aromatic carbocycles. The van der Waals surface area contributed by atoms with Gasteiger partial charge in [-0.3, -0.25) is 4.98 Å². The van der Waals surface area contributed by atoms with E-state index in [1.54, 1.807) is 12.1 Å². The predicted octanol–water partition coefficient (Wildman–Crippen LogP) is 5.69. The monoisotopic (exact) mass is 359 g/mol. The van der Waals surface area contributed by atoms with Crippen molar-refractivity contribution in [3.63, 3.8) is 0 Å². The molecule has 1 aromatic heterocycles. The molecule has 0 aliphatic carbocycles. The van der Waals surface area contributed by atoms with E-state index in [0.29, 0.717) is 0 Å². The van der Waals surface area contributed by atoms with Gasteiger partial charge in [-0.15, -0.1) is 0 Å². The Balaban J connectivity index is 1.63. The first-order chi connectivity index (χ1) is 13.1. The molecule has 3 heteroatoms. The minimum absolute atomic E-state index is 0.222. The van der Waals surface area contributed by atoms with Gasteiger partial charge in [0, 0.05) is 11.8 Å². The van der Waals surface area contributed by atoms with Gasteiger partial charge < -0.3 is 10.2 Å². The summed E-state index contributed by atoms with van der Waals surface area (Å²) in [5, 5.41) is 18.7. The number of aliphatic hydroxyl groups excluding tert-OH is 1. The quantitative estimate of drug-likeness (QED) is 0.533. The van der Waals surface area contributed by atoms with Crippen LogP contribution >= 0.6 is 0 Å². The lowest BCUT2D eigenvalue weighted by atomic mass is 10.0. The number of pyridine rings is 1. The maximum absolute atomic E-state index is 9.40. The fourth-order valence-electron chi connectivity index (χ4n) is 2.91. The van der Waals surface area contributed by atoms with Crippen molar-refractivity contribution in [2.75, 3.05) is 0 Å². The molecular formula is C24H25NO2. The summed E-state index contributed by atoms with van der Waals surface area (Å²) in [7, 11) is 0. The molecule has 1 atom stereocenters. The van der Waals surface area contributed by atoms with Crippen molar-refractivity contribution in [1.82, 2.24) is 4.98 Å². The van der Waals surface area contributed by atoms with E-state index in [1.165, 1.54) is 0 Å². The number of aromatic hydroxyl groups is 1. The number of aliphatic hydroxyl groups is 1. The number of hydrogen-bond donors (Lipinski definition) is 2. The third kappa shape index (κ3) is 5.53. The zero-order valence-corrected chi connectivity index (χ0v) is 15.5. The molecule has 0 fully saturated rings. The Kier molecular flexibility index (Phi) is 6.39. The number of allylic oxidation sites excluding steroid dienone is 1. The summed E-state index contributed by atoms with van der Waals surface area (Å²) in [6.07, 6.45) is 8.66. The van der Waals surface area contributed by atoms with Crippen LogP contribution in [0.15, 0.2) is 72.9 Å². The standard InChI is InChI=1S/C24H25NO2/c1-18(26)5-3-2-4-6-19-7-16-24(25-17-19)22-10-8-20(9-11-22)21-12-14-23(27)15-13-21/h4,6-18,26-27H,2-3,5H2,1H3/b6-4+. The minimum atomic E-state index is -0.222. The highest BCUT2D eigenvalue weighted by Gasteiger charge is 2.02. The van der Waals surface area contributed by atoms with E-state index in [1.807, 2.05) is 31.3 Å². The molecule has 0 radical (unpaired) electrons. The van der Waals surface area contributed by atoms with Crippen molar-refractivity contribution < 1.29 is 10.2 Å². The minimum Gasteiger partial charge on any atom is -0.508 e. The normalized spacial score (nSPS) is 12.4. The van der Waals surface area contributed by atoms with Gasteiger partial charge in [0.2, 0.25) is 0 Å². The molecule has 1 unspecified atom stereocenters. The Morgan fingerprint density at radius 2 is 1.52 bits per heavy atom. The van der Waals surface area contributed by atoms with Gasteiger partial charge in [-0.1, -0.05) is 54.6 Å². The Hall–Kier alpha value is -2.91. The van der Waals surface area contributed by atoms with E-state index >= 15 is 0 Å². The third-order valence-electron chi connectivity index (χ3n) is 4.47. The second-order valence-corrected chi connectivity index (χ2v) is 6.78. The van der Waals surface area contributed by atoms with Gasteiger partial charge in [0.05, 0.1) is 11.8 Å². The zero-order valence-electron chi connectivity index (χ0n) is 15.5. The van der Waals surface area contributed by atoms with Crippen molar-refractivity contribution in [2.45, 2.75) is 32.3 Å². The lowest BCUT2D eigenvalue weighted by molar-refractivity contribution is 0.182. The Morgan fingerprint density at radius 3 is 2.11 bits per heavy atom. The molecule has 1 heterocycles. The van der Waals surface area contributed by atoms with Gasteiger partial charge in [0.15, 0.2) is 0 Å². The van der Waals surface area contributed by atoms with E-state index in [4.69, 9.17) is 0 Å². The van der Waals surface area contributed by atoms with Gasteiger partial charge in [-0.05, 0) is 61.1 Å². The smallest absolute Gasteiger partial charge is 0.115 e. The first-order valence-electron chi connectivity index (χ1n) is 9.32. The van der Waals surface area contributed by atoms with Crippen LogP contribution in [0.5, 0.6) is 5.75 Å². The van der Waals surface area contributed by atoms with Crippen molar-refractivity contribution >= 4 is 6.08 Å². The zero-order chi connectivity index (χ0) is 19.1. The number of phenols is 1. The van der Waals surface area contributed by atoms with E-state index < -0.39 is 0 Å². The average molecular weight is 359 g/mol. The molecular weight excluding hydrogens is 334 g/mol. The van der Waals surface area contributed by atoms with E-state index in [0.717, 1.165) is 47.2 Å². The van der Waals surface area contributed by atoms with Crippen molar-refractivity contribution in [3.05, 3.63) is 78.5 Å². The SMILES string of the molecule is CC(O)CCC/C=C/c1ccc(-c2ccc(-c3ccc(O)cc3)cc2)nc1. The highest BCUT2D eigenvalue weighted by Crippen LogP contribution is 2.25. The summed E-state index contributed by atoms with van der Waals surface area (Å²) < 4.78 is 0. The number of aromatic nitrogens is 1. The molecule has 0 aliphatic rings. The molecule has 0 spiro atoms. The maximum Gasteiger partial charge on any atom is 0.115 e. The van der Waals surface area contributed by atoms with Gasteiger partial charge in [0.25, 0.3) is 0 Å². The number of rotatable bonds is 7. The van der Waals surface area contributed by atoms with Crippen LogP contribution in [0.3, 0.4) is 0 Å². The average Bonchev–Trinajstić information content (AvgIpc) is 2.69. The van der Waals surface area contributed by atoms with Gasteiger partial charge in [-0.25, -0.2) is 0 Å². The van der Waals surface area contributed by atoms with E-state index in [2.05, 4.69) is 47.5 Å². The van der Waals surface area contributed by atoms with Crippen LogP contribution in [-0.2, 0) is 0 Å². The number of nitrogens with zero attached hydrogens (tertiary/aromatic N) is 1. The molecule has 0 amide bonds. The first-order valence-corrected chi connectivity index (χ1v) is 9.32. The van der Waals surface area contributed by atoms with Gasteiger partial charge in [-0.2, -0.15) is 0 Å². The summed E-state index contributed by atoms with van der Waals surface area (Å²) in [4.78, 5) is 4.57. The highest BCUT2D eigenvalue weighted by molar-refractivity contribution is 5.69. The van der Waals surface area contributed by atoms with Gasteiger partial charge >= 0.3 is 0 Å². The molecule has 138 valence electrons. The van der Waals surface area contributed by atoms with Crippen LogP contribution in [0.2, 0.25) is 0 Å². The molecule has 0 saturated heterocycles. The van der Waals surface area contributed by atoms with E-state index in [9.17, 15) is 10.2 Å². The molecule has 27 heavy (non-hydrogen) atoms. The summed E-state index contributed by atoms with van der Waals surface area (Å²) in [6, 6.07) is 19.6. The molecule has 3 aromatic rings. The maximum atomic E-state index is 9.40. The van der Waals surface area contributed by atoms with Crippen LogP contribution in [0.4, 0.5) is 0 Å². The number of hydrogen-bond acceptors (Lipinski definition) is 3. The Morgan fingerprint density at radius 1 is 0.889 bits per heavy atom. The molecule has 3 nitrogen and oxygen atoms in total. The fourth-order valence-corrected chi connectivity index (χ4v) is 2.91. The fraction of sp³-hybridized carbons (Fsp3) is 0.208. The third-order valence-corrected chi connectivity index (χ3v) is 4.47.